The van der Waals surface area contributed by atoms with Gasteiger partial charge in [-0.25, -0.2) is 13.6 Å². The van der Waals surface area contributed by atoms with Gasteiger partial charge in [0.15, 0.2) is 23.1 Å². The van der Waals surface area contributed by atoms with Gasteiger partial charge in [0, 0.05) is 24.7 Å². The first kappa shape index (κ1) is 22.0. The van der Waals surface area contributed by atoms with Gasteiger partial charge in [-0.05, 0) is 36.2 Å². The molecule has 1 aliphatic rings. The van der Waals surface area contributed by atoms with Crippen LogP contribution in [0.3, 0.4) is 0 Å². The molecule has 1 N–H and O–H groups in total. The molecule has 0 bridgehead atoms. The van der Waals surface area contributed by atoms with Crippen LogP contribution in [0.1, 0.15) is 22.8 Å². The SMILES string of the molecule is CCc1cc(OC(=O)OC)c(Oc2ccc(C(=O)N3CCNC(=O)C3)cc2F)cc1F. The van der Waals surface area contributed by atoms with Crippen LogP contribution in [0.5, 0.6) is 17.2 Å². The van der Waals surface area contributed by atoms with E-state index in [4.69, 9.17) is 9.47 Å². The van der Waals surface area contributed by atoms with Crippen molar-refractivity contribution in [2.45, 2.75) is 13.3 Å². The Kier molecular flexibility index (Phi) is 6.68. The number of methoxy groups -OCH3 is 1. The Morgan fingerprint density at radius 2 is 1.87 bits per heavy atom. The second-order valence-electron chi connectivity index (χ2n) is 6.62. The predicted octanol–water partition coefficient (Wildman–Crippen LogP) is 3.04. The second kappa shape index (κ2) is 9.41. The highest BCUT2D eigenvalue weighted by Gasteiger charge is 2.24. The van der Waals surface area contributed by atoms with Gasteiger partial charge in [-0.3, -0.25) is 9.59 Å². The fraction of sp³-hybridized carbons (Fsp3) is 0.286. The Morgan fingerprint density at radius 1 is 1.10 bits per heavy atom. The Balaban J connectivity index is 1.86. The van der Waals surface area contributed by atoms with Gasteiger partial charge in [0.1, 0.15) is 5.82 Å². The summed E-state index contributed by atoms with van der Waals surface area (Å²) in [6, 6.07) is 5.72. The molecule has 1 aliphatic heterocycles. The summed E-state index contributed by atoms with van der Waals surface area (Å²) in [5.41, 5.74) is 0.288. The first-order valence-corrected chi connectivity index (χ1v) is 9.44. The van der Waals surface area contributed by atoms with Crippen molar-refractivity contribution in [2.75, 3.05) is 26.7 Å². The average molecular weight is 434 g/mol. The zero-order chi connectivity index (χ0) is 22.5. The number of aryl methyl sites for hydroxylation is 1. The highest BCUT2D eigenvalue weighted by atomic mass is 19.1. The van der Waals surface area contributed by atoms with Crippen LogP contribution in [0.2, 0.25) is 0 Å². The molecule has 0 radical (unpaired) electrons. The highest BCUT2D eigenvalue weighted by molar-refractivity contribution is 5.97. The smallest absolute Gasteiger partial charge is 0.450 e. The van der Waals surface area contributed by atoms with E-state index in [-0.39, 0.29) is 40.8 Å². The molecule has 8 nitrogen and oxygen atoms in total. The minimum atomic E-state index is -1.05. The molecule has 0 atom stereocenters. The topological polar surface area (TPSA) is 94.2 Å². The summed E-state index contributed by atoms with van der Waals surface area (Å²) in [6.45, 7) is 2.22. The van der Waals surface area contributed by atoms with E-state index >= 15 is 0 Å². The molecule has 0 aromatic heterocycles. The third-order valence-electron chi connectivity index (χ3n) is 4.58. The lowest BCUT2D eigenvalue weighted by Gasteiger charge is -2.26. The number of rotatable bonds is 5. The molecule has 0 unspecified atom stereocenters. The van der Waals surface area contributed by atoms with Crippen LogP contribution in [-0.2, 0) is 16.0 Å². The summed E-state index contributed by atoms with van der Waals surface area (Å²) < 4.78 is 43.7. The summed E-state index contributed by atoms with van der Waals surface area (Å²) in [5.74, 6) is -3.02. The van der Waals surface area contributed by atoms with Crippen LogP contribution in [0.25, 0.3) is 0 Å². The van der Waals surface area contributed by atoms with Crippen molar-refractivity contribution in [2.24, 2.45) is 0 Å². The van der Waals surface area contributed by atoms with Crippen molar-refractivity contribution < 1.29 is 37.4 Å². The number of nitrogens with one attached hydrogen (secondary N) is 1. The van der Waals surface area contributed by atoms with Crippen LogP contribution in [0, 0.1) is 11.6 Å². The number of benzene rings is 2. The molecule has 0 aliphatic carbocycles. The molecule has 2 aromatic rings. The summed E-state index contributed by atoms with van der Waals surface area (Å²) >= 11 is 0. The highest BCUT2D eigenvalue weighted by Crippen LogP contribution is 2.36. The summed E-state index contributed by atoms with van der Waals surface area (Å²) in [6.07, 6.45) is -0.728. The minimum absolute atomic E-state index is 0.0260. The molecule has 1 heterocycles. The van der Waals surface area contributed by atoms with E-state index in [1.807, 2.05) is 0 Å². The Hall–Kier alpha value is -3.69. The first-order chi connectivity index (χ1) is 14.8. The van der Waals surface area contributed by atoms with Gasteiger partial charge >= 0.3 is 6.16 Å². The number of nitrogens with zero attached hydrogens (tertiary/aromatic N) is 1. The van der Waals surface area contributed by atoms with E-state index in [1.54, 1.807) is 6.92 Å². The predicted molar refractivity (Wildman–Crippen MR) is 104 cm³/mol. The fourth-order valence-electron chi connectivity index (χ4n) is 2.97. The van der Waals surface area contributed by atoms with Crippen LogP contribution in [0.15, 0.2) is 30.3 Å². The number of amides is 2. The average Bonchev–Trinajstić information content (AvgIpc) is 2.76. The third kappa shape index (κ3) is 5.08. The number of hydrogen-bond acceptors (Lipinski definition) is 6. The monoisotopic (exact) mass is 434 g/mol. The Morgan fingerprint density at radius 3 is 2.52 bits per heavy atom. The molecule has 0 saturated carbocycles. The van der Waals surface area contributed by atoms with Crippen LogP contribution in [-0.4, -0.2) is 49.6 Å². The first-order valence-electron chi connectivity index (χ1n) is 9.44. The largest absolute Gasteiger partial charge is 0.513 e. The lowest BCUT2D eigenvalue weighted by Crippen LogP contribution is -2.49. The molecule has 1 fully saturated rings. The van der Waals surface area contributed by atoms with E-state index in [2.05, 4.69) is 10.1 Å². The zero-order valence-electron chi connectivity index (χ0n) is 16.9. The van der Waals surface area contributed by atoms with Crippen LogP contribution >= 0.6 is 0 Å². The number of halogens is 2. The van der Waals surface area contributed by atoms with Gasteiger partial charge in [-0.1, -0.05) is 6.92 Å². The van der Waals surface area contributed by atoms with Crippen molar-refractivity contribution in [3.63, 3.8) is 0 Å². The van der Waals surface area contributed by atoms with E-state index in [9.17, 15) is 23.2 Å². The Labute approximate surface area is 176 Å². The van der Waals surface area contributed by atoms with Crippen molar-refractivity contribution in [3.05, 3.63) is 53.1 Å². The van der Waals surface area contributed by atoms with Crippen molar-refractivity contribution in [1.29, 1.82) is 0 Å². The van der Waals surface area contributed by atoms with E-state index in [0.29, 0.717) is 19.5 Å². The number of carbonyl (C=O) groups is 3. The molecule has 2 amide bonds. The Bertz CT molecular complexity index is 1030. The third-order valence-corrected chi connectivity index (χ3v) is 4.58. The maximum atomic E-state index is 14.6. The second-order valence-corrected chi connectivity index (χ2v) is 6.62. The number of hydrogen-bond donors (Lipinski definition) is 1. The molecule has 10 heteroatoms. The molecule has 0 spiro atoms. The maximum Gasteiger partial charge on any atom is 0.513 e. The number of piperazine rings is 1. The molecular formula is C21H20F2N2O6. The molecule has 1 saturated heterocycles. The van der Waals surface area contributed by atoms with Gasteiger partial charge in [-0.2, -0.15) is 0 Å². The van der Waals surface area contributed by atoms with Crippen molar-refractivity contribution in [3.8, 4) is 17.2 Å². The van der Waals surface area contributed by atoms with Crippen LogP contribution in [0.4, 0.5) is 13.6 Å². The molecule has 31 heavy (non-hydrogen) atoms. The molecular weight excluding hydrogens is 414 g/mol. The van der Waals surface area contributed by atoms with Crippen LogP contribution < -0.4 is 14.8 Å². The van der Waals surface area contributed by atoms with E-state index in [0.717, 1.165) is 19.2 Å². The molecule has 2 aromatic carbocycles. The quantitative estimate of drug-likeness (QED) is 0.574. The van der Waals surface area contributed by atoms with E-state index in [1.165, 1.54) is 23.1 Å². The summed E-state index contributed by atoms with van der Waals surface area (Å²) in [4.78, 5) is 36.8. The lowest BCUT2D eigenvalue weighted by atomic mass is 10.1. The van der Waals surface area contributed by atoms with Crippen molar-refractivity contribution >= 4 is 18.0 Å². The number of ether oxygens (including phenoxy) is 3. The van der Waals surface area contributed by atoms with Gasteiger partial charge < -0.3 is 24.4 Å². The molecule has 164 valence electrons. The normalized spacial score (nSPS) is 13.4. The lowest BCUT2D eigenvalue weighted by molar-refractivity contribution is -0.123. The van der Waals surface area contributed by atoms with Gasteiger partial charge in [0.25, 0.3) is 5.91 Å². The van der Waals surface area contributed by atoms with E-state index < -0.39 is 23.7 Å². The molecule has 3 rings (SSSR count). The standard InChI is InChI=1S/C21H20F2N2O6/c1-3-12-9-17(31-21(28)29-2)18(10-14(12)22)30-16-5-4-13(8-15(16)23)20(27)25-7-6-24-19(26)11-25/h4-5,8-10H,3,6-7,11H2,1-2H3,(H,24,26). The van der Waals surface area contributed by atoms with Gasteiger partial charge in [0.05, 0.1) is 13.7 Å². The van der Waals surface area contributed by atoms with Crippen molar-refractivity contribution in [1.82, 2.24) is 10.2 Å². The summed E-state index contributed by atoms with van der Waals surface area (Å²) in [5, 5.41) is 2.60. The number of carbonyl (C=O) groups excluding carboxylic acids is 3. The summed E-state index contributed by atoms with van der Waals surface area (Å²) in [7, 11) is 1.11. The fourth-order valence-corrected chi connectivity index (χ4v) is 2.97. The zero-order valence-corrected chi connectivity index (χ0v) is 16.9. The van der Waals surface area contributed by atoms with Gasteiger partial charge in [0.2, 0.25) is 5.91 Å². The minimum Gasteiger partial charge on any atom is -0.450 e. The van der Waals surface area contributed by atoms with Gasteiger partial charge in [-0.15, -0.1) is 0 Å². The maximum absolute atomic E-state index is 14.6.